The maximum Gasteiger partial charge on any atom is 0.324 e. The zero-order valence-electron chi connectivity index (χ0n) is 11.5. The van der Waals surface area contributed by atoms with E-state index in [1.165, 1.54) is 17.4 Å². The first-order valence-corrected chi connectivity index (χ1v) is 7.38. The molecule has 0 spiro atoms. The summed E-state index contributed by atoms with van der Waals surface area (Å²) in [6.45, 7) is 3.72. The number of hydrogen-bond donors (Lipinski definition) is 1. The van der Waals surface area contributed by atoms with Crippen molar-refractivity contribution in [1.29, 1.82) is 0 Å². The zero-order chi connectivity index (χ0) is 15.0. The highest BCUT2D eigenvalue weighted by Gasteiger charge is 2.21. The van der Waals surface area contributed by atoms with Crippen LogP contribution >= 0.6 is 11.3 Å². The van der Waals surface area contributed by atoms with Crippen molar-refractivity contribution in [3.8, 4) is 0 Å². The largest absolute Gasteiger partial charge is 0.324 e. The van der Waals surface area contributed by atoms with Crippen LogP contribution < -0.4 is 5.56 Å². The lowest BCUT2D eigenvalue weighted by Crippen LogP contribution is -2.35. The van der Waals surface area contributed by atoms with Crippen molar-refractivity contribution in [1.82, 2.24) is 14.9 Å². The van der Waals surface area contributed by atoms with Crippen molar-refractivity contribution in [2.45, 2.75) is 26.4 Å². The lowest BCUT2D eigenvalue weighted by atomic mass is 10.1. The van der Waals surface area contributed by atoms with Gasteiger partial charge in [-0.15, -0.1) is 0 Å². The molecule has 1 N–H and O–H groups in total. The Morgan fingerprint density at radius 2 is 2.33 bits per heavy atom. The number of thiophene rings is 1. The fourth-order valence-corrected chi connectivity index (χ4v) is 3.37. The van der Waals surface area contributed by atoms with E-state index in [0.717, 1.165) is 23.5 Å². The first-order chi connectivity index (χ1) is 10.0. The normalized spacial score (nSPS) is 14.9. The number of fused-ring (bicyclic) bond motifs is 1. The van der Waals surface area contributed by atoms with Gasteiger partial charge in [-0.3, -0.25) is 19.8 Å². The van der Waals surface area contributed by atoms with E-state index in [4.69, 9.17) is 0 Å². The first kappa shape index (κ1) is 13.9. The summed E-state index contributed by atoms with van der Waals surface area (Å²) >= 11 is 1.18. The molecule has 0 bridgehead atoms. The fourth-order valence-electron chi connectivity index (χ4n) is 2.51. The second kappa shape index (κ2) is 5.38. The average molecular weight is 306 g/mol. The van der Waals surface area contributed by atoms with Gasteiger partial charge < -0.3 is 4.98 Å². The van der Waals surface area contributed by atoms with Crippen LogP contribution in [0, 0.1) is 17.0 Å². The minimum absolute atomic E-state index is 0.0839. The summed E-state index contributed by atoms with van der Waals surface area (Å²) < 4.78 is 0. The molecule has 8 heteroatoms. The number of hydrogen-bond acceptors (Lipinski definition) is 6. The van der Waals surface area contributed by atoms with Crippen LogP contribution in [-0.2, 0) is 19.5 Å². The summed E-state index contributed by atoms with van der Waals surface area (Å²) in [5.41, 5.74) is 1.49. The molecule has 0 saturated heterocycles. The quantitative estimate of drug-likeness (QED) is 0.687. The van der Waals surface area contributed by atoms with E-state index in [0.29, 0.717) is 24.5 Å². The number of H-pyrrole nitrogens is 1. The third-order valence-corrected chi connectivity index (χ3v) is 4.49. The average Bonchev–Trinajstić information content (AvgIpc) is 2.88. The topological polar surface area (TPSA) is 92.1 Å². The van der Waals surface area contributed by atoms with Gasteiger partial charge in [0.2, 0.25) is 0 Å². The second-order valence-electron chi connectivity index (χ2n) is 5.03. The van der Waals surface area contributed by atoms with Crippen molar-refractivity contribution in [2.75, 3.05) is 6.54 Å². The monoisotopic (exact) mass is 306 g/mol. The van der Waals surface area contributed by atoms with E-state index >= 15 is 0 Å². The van der Waals surface area contributed by atoms with Crippen LogP contribution in [0.25, 0.3) is 0 Å². The molecule has 1 aliphatic heterocycles. The summed E-state index contributed by atoms with van der Waals surface area (Å²) in [6.07, 6.45) is 0.730. The Hall–Kier alpha value is -2.06. The highest BCUT2D eigenvalue weighted by atomic mass is 32.1. The molecule has 0 aromatic carbocycles. The number of nitrogens with one attached hydrogen (secondary N) is 1. The van der Waals surface area contributed by atoms with Gasteiger partial charge in [-0.1, -0.05) is 11.3 Å². The Bertz CT molecular complexity index is 752. The van der Waals surface area contributed by atoms with Gasteiger partial charge in [0, 0.05) is 37.0 Å². The standard InChI is InChI=1S/C13H14N4O3S/c1-8-14-11-4-5-16(7-10(11)13(18)15-8)6-9-2-3-12(21-9)17(19)20/h2-3H,4-7H2,1H3,(H,14,15,18). The smallest absolute Gasteiger partial charge is 0.310 e. The van der Waals surface area contributed by atoms with Crippen LogP contribution in [0.2, 0.25) is 0 Å². The molecular formula is C13H14N4O3S. The first-order valence-electron chi connectivity index (χ1n) is 6.57. The Morgan fingerprint density at radius 1 is 1.52 bits per heavy atom. The third kappa shape index (κ3) is 2.86. The molecule has 0 aliphatic carbocycles. The van der Waals surface area contributed by atoms with Gasteiger partial charge in [-0.05, 0) is 13.0 Å². The van der Waals surface area contributed by atoms with Gasteiger partial charge in [0.1, 0.15) is 5.82 Å². The molecule has 0 radical (unpaired) electrons. The fraction of sp³-hybridized carbons (Fsp3) is 0.385. The summed E-state index contributed by atoms with van der Waals surface area (Å²) in [7, 11) is 0. The molecule has 2 aromatic heterocycles. The zero-order valence-corrected chi connectivity index (χ0v) is 12.3. The molecule has 7 nitrogen and oxygen atoms in total. The molecule has 1 aliphatic rings. The van der Waals surface area contributed by atoms with E-state index < -0.39 is 0 Å². The van der Waals surface area contributed by atoms with Crippen LogP contribution in [-0.4, -0.2) is 26.3 Å². The number of aromatic nitrogens is 2. The number of aryl methyl sites for hydroxylation is 1. The van der Waals surface area contributed by atoms with Crippen LogP contribution in [0.3, 0.4) is 0 Å². The Balaban J connectivity index is 1.77. The van der Waals surface area contributed by atoms with Crippen molar-refractivity contribution >= 4 is 16.3 Å². The number of nitro groups is 1. The van der Waals surface area contributed by atoms with Gasteiger partial charge in [-0.25, -0.2) is 4.98 Å². The summed E-state index contributed by atoms with van der Waals surface area (Å²) in [4.78, 5) is 32.4. The summed E-state index contributed by atoms with van der Waals surface area (Å²) in [6, 6.07) is 3.30. The highest BCUT2D eigenvalue weighted by Crippen LogP contribution is 2.26. The van der Waals surface area contributed by atoms with Crippen LogP contribution in [0.15, 0.2) is 16.9 Å². The predicted molar refractivity (Wildman–Crippen MR) is 78.4 cm³/mol. The van der Waals surface area contributed by atoms with Crippen molar-refractivity contribution < 1.29 is 4.92 Å². The summed E-state index contributed by atoms with van der Waals surface area (Å²) in [5.74, 6) is 0.640. The molecule has 0 amide bonds. The molecular weight excluding hydrogens is 292 g/mol. The maximum absolute atomic E-state index is 12.0. The van der Waals surface area contributed by atoms with Gasteiger partial charge in [-0.2, -0.15) is 0 Å². The SMILES string of the molecule is Cc1nc2c(c(=O)[nH]1)CN(Cc1ccc([N+](=O)[O-])s1)CC2. The van der Waals surface area contributed by atoms with E-state index in [1.54, 1.807) is 13.0 Å². The number of aromatic amines is 1. The van der Waals surface area contributed by atoms with Crippen molar-refractivity contribution in [3.63, 3.8) is 0 Å². The molecule has 21 heavy (non-hydrogen) atoms. The van der Waals surface area contributed by atoms with Crippen LogP contribution in [0.5, 0.6) is 0 Å². The Labute approximate surface area is 124 Å². The van der Waals surface area contributed by atoms with E-state index in [-0.39, 0.29) is 15.5 Å². The van der Waals surface area contributed by atoms with Gasteiger partial charge in [0.05, 0.1) is 16.2 Å². The van der Waals surface area contributed by atoms with E-state index in [9.17, 15) is 14.9 Å². The molecule has 110 valence electrons. The highest BCUT2D eigenvalue weighted by molar-refractivity contribution is 7.15. The minimum atomic E-state index is -0.378. The molecule has 0 atom stereocenters. The van der Waals surface area contributed by atoms with E-state index in [1.807, 2.05) is 0 Å². The molecule has 0 saturated carbocycles. The molecule has 3 heterocycles. The van der Waals surface area contributed by atoms with E-state index in [2.05, 4.69) is 14.9 Å². The third-order valence-electron chi connectivity index (χ3n) is 3.47. The molecule has 3 rings (SSSR count). The Kier molecular flexibility index (Phi) is 3.56. The molecule has 0 unspecified atom stereocenters. The van der Waals surface area contributed by atoms with Crippen LogP contribution in [0.4, 0.5) is 5.00 Å². The number of nitrogens with zero attached hydrogens (tertiary/aromatic N) is 3. The Morgan fingerprint density at radius 3 is 3.05 bits per heavy atom. The second-order valence-corrected chi connectivity index (χ2v) is 6.18. The van der Waals surface area contributed by atoms with Gasteiger partial charge >= 0.3 is 5.00 Å². The minimum Gasteiger partial charge on any atom is -0.310 e. The molecule has 2 aromatic rings. The number of rotatable bonds is 3. The van der Waals surface area contributed by atoms with Gasteiger partial charge in [0.15, 0.2) is 0 Å². The maximum atomic E-state index is 12.0. The van der Waals surface area contributed by atoms with Crippen molar-refractivity contribution in [2.24, 2.45) is 0 Å². The van der Waals surface area contributed by atoms with Gasteiger partial charge in [0.25, 0.3) is 5.56 Å². The van der Waals surface area contributed by atoms with Crippen molar-refractivity contribution in [3.05, 3.63) is 54.6 Å². The lowest BCUT2D eigenvalue weighted by Gasteiger charge is -2.26. The lowest BCUT2D eigenvalue weighted by molar-refractivity contribution is -0.380. The molecule has 0 fully saturated rings. The predicted octanol–water partition coefficient (Wildman–Crippen LogP) is 1.61. The summed E-state index contributed by atoms with van der Waals surface area (Å²) in [5, 5.41) is 10.8. The van der Waals surface area contributed by atoms with Crippen LogP contribution in [0.1, 0.15) is 22.0 Å².